The van der Waals surface area contributed by atoms with Gasteiger partial charge in [-0.15, -0.1) is 0 Å². The van der Waals surface area contributed by atoms with Crippen molar-refractivity contribution in [2.75, 3.05) is 39.8 Å². The van der Waals surface area contributed by atoms with Crippen molar-refractivity contribution in [3.05, 3.63) is 65.5 Å². The molecule has 1 fully saturated rings. The summed E-state index contributed by atoms with van der Waals surface area (Å²) in [7, 11) is 1.24. The zero-order valence-corrected chi connectivity index (χ0v) is 33.4. The molecule has 294 valence electrons. The van der Waals surface area contributed by atoms with E-state index in [0.29, 0.717) is 51.4 Å². The average Bonchev–Trinajstić information content (AvgIpc) is 3.42. The number of aliphatic hydroxyl groups excluding tert-OH is 1. The Labute approximate surface area is 316 Å². The Morgan fingerprint density at radius 2 is 1.62 bits per heavy atom. The van der Waals surface area contributed by atoms with E-state index < -0.39 is 47.1 Å². The van der Waals surface area contributed by atoms with Crippen molar-refractivity contribution in [3.63, 3.8) is 0 Å². The monoisotopic (exact) mass is 737 g/mol. The first kappa shape index (κ1) is 43.2. The van der Waals surface area contributed by atoms with Crippen LogP contribution in [0.25, 0.3) is 0 Å². The van der Waals surface area contributed by atoms with Gasteiger partial charge in [-0.25, -0.2) is 14.6 Å². The highest BCUT2D eigenvalue weighted by molar-refractivity contribution is 5.89. The number of alkyl carbamates (subject to hydrolysis) is 1. The standard InChI is InChI=1S/C40H63N7O6/c1-27(2)19-22-46(44-35(49)33(39(4,5)6)43-37(51)53-10)26-32(48)31(25-29-16-12-11-13-17-29)42-36(50)34(40(7,8)9)47-24-23-45(38(47)52)21-20-30-18-14-15-28(3)41-30/h11-18,27,31-34,48H,19-26H2,1-10H3,(H,42,50)(H,43,51)(H,44,49)/t31-,32-,33+,34+/m0/s1. The number of hydrogen-bond donors (Lipinski definition) is 4. The predicted octanol–water partition coefficient (Wildman–Crippen LogP) is 4.32. The Morgan fingerprint density at radius 1 is 0.943 bits per heavy atom. The summed E-state index contributed by atoms with van der Waals surface area (Å²) in [6.07, 6.45) is -0.211. The van der Waals surface area contributed by atoms with Crippen molar-refractivity contribution in [2.45, 2.75) is 106 Å². The molecule has 4 atom stereocenters. The molecule has 1 aromatic heterocycles. The third-order valence-electron chi connectivity index (χ3n) is 9.41. The molecule has 0 spiro atoms. The minimum atomic E-state index is -1.12. The highest BCUT2D eigenvalue weighted by atomic mass is 16.5. The number of hydrogen-bond acceptors (Lipinski definition) is 8. The van der Waals surface area contributed by atoms with E-state index in [1.54, 1.807) is 14.8 Å². The predicted molar refractivity (Wildman–Crippen MR) is 206 cm³/mol. The Bertz CT molecular complexity index is 1510. The molecule has 0 unspecified atom stereocenters. The van der Waals surface area contributed by atoms with E-state index in [4.69, 9.17) is 4.74 Å². The van der Waals surface area contributed by atoms with Crippen molar-refractivity contribution < 1.29 is 29.0 Å². The van der Waals surface area contributed by atoms with Crippen LogP contribution in [0.1, 0.15) is 78.8 Å². The van der Waals surface area contributed by atoms with Gasteiger partial charge < -0.3 is 30.3 Å². The molecule has 2 aromatic rings. The molecule has 0 bridgehead atoms. The van der Waals surface area contributed by atoms with Gasteiger partial charge in [-0.3, -0.25) is 20.0 Å². The Balaban J connectivity index is 1.84. The van der Waals surface area contributed by atoms with E-state index >= 15 is 0 Å². The van der Waals surface area contributed by atoms with E-state index in [0.717, 1.165) is 17.0 Å². The number of aromatic nitrogens is 1. The summed E-state index contributed by atoms with van der Waals surface area (Å²) in [4.78, 5) is 61.9. The molecule has 53 heavy (non-hydrogen) atoms. The fraction of sp³-hybridized carbons (Fsp3) is 0.625. The minimum Gasteiger partial charge on any atom is -0.453 e. The molecule has 3 rings (SSSR count). The van der Waals surface area contributed by atoms with Crippen molar-refractivity contribution in [1.29, 1.82) is 0 Å². The summed E-state index contributed by atoms with van der Waals surface area (Å²) >= 11 is 0. The second-order valence-electron chi connectivity index (χ2n) is 16.7. The molecule has 13 heteroatoms. The van der Waals surface area contributed by atoms with Crippen molar-refractivity contribution in [3.8, 4) is 0 Å². The van der Waals surface area contributed by atoms with E-state index in [1.807, 2.05) is 97.0 Å². The fourth-order valence-corrected chi connectivity index (χ4v) is 6.48. The van der Waals surface area contributed by atoms with Crippen LogP contribution >= 0.6 is 0 Å². The first-order chi connectivity index (χ1) is 24.8. The van der Waals surface area contributed by atoms with E-state index in [9.17, 15) is 24.3 Å². The van der Waals surface area contributed by atoms with Crippen LogP contribution in [0.2, 0.25) is 0 Å². The molecule has 5 amide bonds. The molecule has 1 aliphatic rings. The minimum absolute atomic E-state index is 0.00503. The normalized spacial score (nSPS) is 16.0. The second-order valence-corrected chi connectivity index (χ2v) is 16.7. The van der Waals surface area contributed by atoms with Gasteiger partial charge in [-0.2, -0.15) is 0 Å². The SMILES string of the molecule is COC(=O)N[C@H](C(=O)NN(CCC(C)C)C[C@H](O)[C@H](Cc1ccccc1)NC(=O)[C@@H](N1CCN(CCc2cccc(C)n2)C1=O)C(C)(C)C)C(C)(C)C. The van der Waals surface area contributed by atoms with Crippen LogP contribution in [-0.4, -0.2) is 113 Å². The number of carbonyl (C=O) groups is 4. The number of aliphatic hydroxyl groups is 1. The number of carbonyl (C=O) groups excluding carboxylic acids is 4. The molecule has 0 radical (unpaired) electrons. The molecule has 13 nitrogen and oxygen atoms in total. The third kappa shape index (κ3) is 13.3. The number of amides is 5. The summed E-state index contributed by atoms with van der Waals surface area (Å²) in [5, 5.41) is 19.3. The van der Waals surface area contributed by atoms with Crippen LogP contribution in [-0.2, 0) is 27.2 Å². The molecule has 1 aromatic carbocycles. The van der Waals surface area contributed by atoms with Gasteiger partial charge in [0.05, 0.1) is 19.3 Å². The van der Waals surface area contributed by atoms with Gasteiger partial charge >= 0.3 is 12.1 Å². The zero-order chi connectivity index (χ0) is 39.5. The zero-order valence-electron chi connectivity index (χ0n) is 33.4. The Hall–Kier alpha value is -4.23. The van der Waals surface area contributed by atoms with Crippen LogP contribution in [0.3, 0.4) is 0 Å². The van der Waals surface area contributed by atoms with Crippen LogP contribution in [0.4, 0.5) is 9.59 Å². The smallest absolute Gasteiger partial charge is 0.407 e. The van der Waals surface area contributed by atoms with E-state index in [2.05, 4.69) is 34.9 Å². The molecule has 0 saturated carbocycles. The van der Waals surface area contributed by atoms with Crippen LogP contribution in [0.5, 0.6) is 0 Å². The van der Waals surface area contributed by atoms with Crippen molar-refractivity contribution >= 4 is 23.9 Å². The molecule has 1 aliphatic heterocycles. The topological polar surface area (TPSA) is 156 Å². The number of hydrazine groups is 1. The van der Waals surface area contributed by atoms with E-state index in [-0.39, 0.29) is 18.5 Å². The number of methoxy groups -OCH3 is 1. The quantitative estimate of drug-likeness (QED) is 0.175. The van der Waals surface area contributed by atoms with Gasteiger partial charge in [0.1, 0.15) is 12.1 Å². The molecular weight excluding hydrogens is 674 g/mol. The Kier molecular flexibility index (Phi) is 15.6. The van der Waals surface area contributed by atoms with Gasteiger partial charge in [0.25, 0.3) is 5.91 Å². The summed E-state index contributed by atoms with van der Waals surface area (Å²) in [5.74, 6) is -0.511. The number of ether oxygens (including phenoxy) is 1. The largest absolute Gasteiger partial charge is 0.453 e. The summed E-state index contributed by atoms with van der Waals surface area (Å²) in [5.41, 5.74) is 4.40. The number of nitrogens with zero attached hydrogens (tertiary/aromatic N) is 4. The number of pyridine rings is 1. The summed E-state index contributed by atoms with van der Waals surface area (Å²) < 4.78 is 4.77. The first-order valence-electron chi connectivity index (χ1n) is 18.7. The van der Waals surface area contributed by atoms with E-state index in [1.165, 1.54) is 7.11 Å². The molecule has 0 aliphatic carbocycles. The summed E-state index contributed by atoms with van der Waals surface area (Å²) in [6, 6.07) is 12.7. The average molecular weight is 738 g/mol. The highest BCUT2D eigenvalue weighted by Gasteiger charge is 2.44. The lowest BCUT2D eigenvalue weighted by atomic mass is 9.84. The van der Waals surface area contributed by atoms with Gasteiger partial charge in [-0.1, -0.05) is 91.8 Å². The number of rotatable bonds is 17. The third-order valence-corrected chi connectivity index (χ3v) is 9.41. The maximum absolute atomic E-state index is 14.4. The lowest BCUT2D eigenvalue weighted by Gasteiger charge is -2.38. The number of nitrogens with one attached hydrogen (secondary N) is 3. The Morgan fingerprint density at radius 3 is 2.21 bits per heavy atom. The lowest BCUT2D eigenvalue weighted by Crippen LogP contribution is -2.61. The van der Waals surface area contributed by atoms with Crippen molar-refractivity contribution in [1.82, 2.24) is 35.9 Å². The molecule has 4 N–H and O–H groups in total. The number of benzene rings is 1. The van der Waals surface area contributed by atoms with Gasteiger partial charge in [0, 0.05) is 50.5 Å². The highest BCUT2D eigenvalue weighted by Crippen LogP contribution is 2.28. The molecule has 1 saturated heterocycles. The van der Waals surface area contributed by atoms with Crippen LogP contribution in [0.15, 0.2) is 48.5 Å². The molecular formula is C40H63N7O6. The van der Waals surface area contributed by atoms with Gasteiger partial charge in [0.15, 0.2) is 0 Å². The van der Waals surface area contributed by atoms with Gasteiger partial charge in [-0.05, 0) is 54.2 Å². The number of urea groups is 1. The maximum Gasteiger partial charge on any atom is 0.407 e. The molecule has 2 heterocycles. The summed E-state index contributed by atoms with van der Waals surface area (Å²) in [6.45, 7) is 19.2. The first-order valence-corrected chi connectivity index (χ1v) is 18.7. The van der Waals surface area contributed by atoms with Gasteiger partial charge in [0.2, 0.25) is 5.91 Å². The fourth-order valence-electron chi connectivity index (χ4n) is 6.48. The number of aryl methyl sites for hydroxylation is 1. The maximum atomic E-state index is 14.4. The van der Waals surface area contributed by atoms with Crippen LogP contribution in [0, 0.1) is 23.7 Å². The van der Waals surface area contributed by atoms with Crippen molar-refractivity contribution in [2.24, 2.45) is 16.7 Å². The second kappa shape index (κ2) is 19.2. The van der Waals surface area contributed by atoms with Crippen LogP contribution < -0.4 is 16.1 Å². The lowest BCUT2D eigenvalue weighted by molar-refractivity contribution is -0.133.